The summed E-state index contributed by atoms with van der Waals surface area (Å²) in [5, 5.41) is 1.50. The van der Waals surface area contributed by atoms with Crippen LogP contribution in [0.15, 0.2) is 51.4 Å². The third-order valence-corrected chi connectivity index (χ3v) is 3.92. The summed E-state index contributed by atoms with van der Waals surface area (Å²) in [6.45, 7) is 1.87. The summed E-state index contributed by atoms with van der Waals surface area (Å²) in [5.41, 5.74) is 2.07. The maximum absolute atomic E-state index is 12.5. The summed E-state index contributed by atoms with van der Waals surface area (Å²) < 4.78 is 6.55. The molecule has 3 rings (SSSR count). The number of rotatable bonds is 2. The molecule has 20 heavy (non-hydrogen) atoms. The Balaban J connectivity index is 2.15. The molecule has 0 atom stereocenters. The fourth-order valence-corrected chi connectivity index (χ4v) is 2.74. The molecular formula is C16H10BrClO2. The van der Waals surface area contributed by atoms with Crippen LogP contribution in [-0.2, 0) is 0 Å². The number of carbonyl (C=O) groups is 1. The van der Waals surface area contributed by atoms with Gasteiger partial charge >= 0.3 is 0 Å². The first-order valence-corrected chi connectivity index (χ1v) is 7.22. The molecule has 0 bridgehead atoms. The fourth-order valence-electron chi connectivity index (χ4n) is 2.17. The summed E-state index contributed by atoms with van der Waals surface area (Å²) in [4.78, 5) is 12.5. The van der Waals surface area contributed by atoms with Gasteiger partial charge in [-0.2, -0.15) is 0 Å². The second kappa shape index (κ2) is 5.08. The Morgan fingerprint density at radius 3 is 2.75 bits per heavy atom. The van der Waals surface area contributed by atoms with Crippen molar-refractivity contribution in [1.29, 1.82) is 0 Å². The van der Waals surface area contributed by atoms with Gasteiger partial charge in [-0.1, -0.05) is 39.7 Å². The largest absolute Gasteiger partial charge is 0.452 e. The minimum atomic E-state index is -0.129. The number of fused-ring (bicyclic) bond motifs is 1. The minimum absolute atomic E-state index is 0.129. The van der Waals surface area contributed by atoms with Crippen LogP contribution in [-0.4, -0.2) is 5.78 Å². The maximum Gasteiger partial charge on any atom is 0.228 e. The Bertz CT molecular complexity index is 820. The lowest BCUT2D eigenvalue weighted by atomic mass is 10.1. The van der Waals surface area contributed by atoms with E-state index in [9.17, 15) is 4.79 Å². The lowest BCUT2D eigenvalue weighted by Crippen LogP contribution is -2.01. The zero-order chi connectivity index (χ0) is 14.3. The average molecular weight is 350 g/mol. The maximum atomic E-state index is 12.5. The van der Waals surface area contributed by atoms with E-state index in [-0.39, 0.29) is 5.78 Å². The third kappa shape index (κ3) is 2.28. The molecule has 2 nitrogen and oxygen atoms in total. The van der Waals surface area contributed by atoms with Crippen molar-refractivity contribution in [1.82, 2.24) is 0 Å². The van der Waals surface area contributed by atoms with Gasteiger partial charge in [-0.25, -0.2) is 0 Å². The van der Waals surface area contributed by atoms with E-state index < -0.39 is 0 Å². The van der Waals surface area contributed by atoms with Crippen molar-refractivity contribution in [2.75, 3.05) is 0 Å². The molecule has 0 aliphatic heterocycles. The third-order valence-electron chi connectivity index (χ3n) is 3.19. The van der Waals surface area contributed by atoms with Gasteiger partial charge in [0.15, 0.2) is 5.76 Å². The number of carbonyl (C=O) groups excluding carboxylic acids is 1. The SMILES string of the molecule is Cc1c(C(=O)c2cccc(Br)c2)oc2ccc(Cl)cc12. The highest BCUT2D eigenvalue weighted by atomic mass is 79.9. The van der Waals surface area contributed by atoms with Crippen LogP contribution >= 0.6 is 27.5 Å². The lowest BCUT2D eigenvalue weighted by molar-refractivity contribution is 0.101. The molecule has 0 spiro atoms. The molecule has 0 aliphatic carbocycles. The zero-order valence-electron chi connectivity index (χ0n) is 10.6. The number of hydrogen-bond donors (Lipinski definition) is 0. The van der Waals surface area contributed by atoms with Gasteiger partial charge in [-0.05, 0) is 37.3 Å². The van der Waals surface area contributed by atoms with Crippen molar-refractivity contribution in [2.24, 2.45) is 0 Å². The normalized spacial score (nSPS) is 10.9. The van der Waals surface area contributed by atoms with Gasteiger partial charge in [-0.15, -0.1) is 0 Å². The van der Waals surface area contributed by atoms with E-state index in [0.717, 1.165) is 15.4 Å². The smallest absolute Gasteiger partial charge is 0.228 e. The van der Waals surface area contributed by atoms with Crippen molar-refractivity contribution >= 4 is 44.3 Å². The molecule has 0 radical (unpaired) electrons. The van der Waals surface area contributed by atoms with Crippen molar-refractivity contribution in [3.63, 3.8) is 0 Å². The number of ketones is 1. The molecule has 4 heteroatoms. The minimum Gasteiger partial charge on any atom is -0.452 e. The molecule has 0 saturated heterocycles. The van der Waals surface area contributed by atoms with E-state index in [1.165, 1.54) is 0 Å². The molecule has 0 saturated carbocycles. The predicted octanol–water partition coefficient (Wildman–Crippen LogP) is 5.39. The van der Waals surface area contributed by atoms with Gasteiger partial charge in [-0.3, -0.25) is 4.79 Å². The molecule has 100 valence electrons. The van der Waals surface area contributed by atoms with Crippen LogP contribution < -0.4 is 0 Å². The Labute approximate surface area is 129 Å². The topological polar surface area (TPSA) is 30.2 Å². The standard InChI is InChI=1S/C16H10BrClO2/c1-9-13-8-12(18)5-6-14(13)20-16(9)15(19)10-3-2-4-11(17)7-10/h2-8H,1H3. The summed E-state index contributed by atoms with van der Waals surface area (Å²) in [7, 11) is 0. The molecule has 0 amide bonds. The highest BCUT2D eigenvalue weighted by Gasteiger charge is 2.19. The summed E-state index contributed by atoms with van der Waals surface area (Å²) in [5.74, 6) is 0.233. The number of hydrogen-bond acceptors (Lipinski definition) is 2. The molecule has 0 unspecified atom stereocenters. The Morgan fingerprint density at radius 2 is 2.00 bits per heavy atom. The van der Waals surface area contributed by atoms with Crippen LogP contribution in [0.5, 0.6) is 0 Å². The van der Waals surface area contributed by atoms with Crippen LogP contribution in [0.4, 0.5) is 0 Å². The Morgan fingerprint density at radius 1 is 1.20 bits per heavy atom. The Hall–Kier alpha value is -1.58. The molecule has 1 aromatic heterocycles. The van der Waals surface area contributed by atoms with E-state index in [1.807, 2.05) is 25.1 Å². The second-order valence-corrected chi connectivity index (χ2v) is 5.89. The molecule has 3 aromatic rings. The van der Waals surface area contributed by atoms with Gasteiger partial charge in [0.2, 0.25) is 5.78 Å². The molecule has 0 N–H and O–H groups in total. The van der Waals surface area contributed by atoms with E-state index >= 15 is 0 Å². The van der Waals surface area contributed by atoms with E-state index in [1.54, 1.807) is 24.3 Å². The van der Waals surface area contributed by atoms with Crippen molar-refractivity contribution < 1.29 is 9.21 Å². The van der Waals surface area contributed by atoms with Crippen molar-refractivity contribution in [3.05, 3.63) is 68.8 Å². The lowest BCUT2D eigenvalue weighted by Gasteiger charge is -1.99. The van der Waals surface area contributed by atoms with Gasteiger partial charge in [0.25, 0.3) is 0 Å². The van der Waals surface area contributed by atoms with Gasteiger partial charge in [0.05, 0.1) is 0 Å². The summed E-state index contributed by atoms with van der Waals surface area (Å²) in [6, 6.07) is 12.6. The predicted molar refractivity (Wildman–Crippen MR) is 83.5 cm³/mol. The van der Waals surface area contributed by atoms with E-state index in [2.05, 4.69) is 15.9 Å². The van der Waals surface area contributed by atoms with Crippen molar-refractivity contribution in [3.8, 4) is 0 Å². The van der Waals surface area contributed by atoms with Crippen LogP contribution in [0.2, 0.25) is 5.02 Å². The van der Waals surface area contributed by atoms with Crippen LogP contribution in [0.3, 0.4) is 0 Å². The molecular weight excluding hydrogens is 340 g/mol. The summed E-state index contributed by atoms with van der Waals surface area (Å²) >= 11 is 9.35. The first kappa shape index (κ1) is 13.4. The number of aryl methyl sites for hydroxylation is 1. The Kier molecular flexibility index (Phi) is 3.40. The van der Waals surface area contributed by atoms with Crippen LogP contribution in [0, 0.1) is 6.92 Å². The van der Waals surface area contributed by atoms with Gasteiger partial charge < -0.3 is 4.42 Å². The van der Waals surface area contributed by atoms with Crippen molar-refractivity contribution in [2.45, 2.75) is 6.92 Å². The fraction of sp³-hybridized carbons (Fsp3) is 0.0625. The highest BCUT2D eigenvalue weighted by Crippen LogP contribution is 2.29. The number of furan rings is 1. The van der Waals surface area contributed by atoms with E-state index in [4.69, 9.17) is 16.0 Å². The van der Waals surface area contributed by atoms with Gasteiger partial charge in [0.1, 0.15) is 5.58 Å². The highest BCUT2D eigenvalue weighted by molar-refractivity contribution is 9.10. The first-order valence-electron chi connectivity index (χ1n) is 6.05. The molecule has 2 aromatic carbocycles. The zero-order valence-corrected chi connectivity index (χ0v) is 13.0. The first-order chi connectivity index (χ1) is 9.56. The summed E-state index contributed by atoms with van der Waals surface area (Å²) in [6.07, 6.45) is 0. The van der Waals surface area contributed by atoms with Gasteiger partial charge in [0, 0.05) is 26.0 Å². The molecule has 0 aliphatic rings. The molecule has 0 fully saturated rings. The molecule has 1 heterocycles. The quantitative estimate of drug-likeness (QED) is 0.581. The van der Waals surface area contributed by atoms with Crippen LogP contribution in [0.1, 0.15) is 21.7 Å². The number of halogens is 2. The monoisotopic (exact) mass is 348 g/mol. The van der Waals surface area contributed by atoms with E-state index in [0.29, 0.717) is 21.9 Å². The van der Waals surface area contributed by atoms with Crippen LogP contribution in [0.25, 0.3) is 11.0 Å². The second-order valence-electron chi connectivity index (χ2n) is 4.54. The average Bonchev–Trinajstić information content (AvgIpc) is 2.75. The number of benzene rings is 2.